The normalized spacial score (nSPS) is 17.1. The Kier molecular flexibility index (Phi) is 7.10. The van der Waals surface area contributed by atoms with E-state index < -0.39 is 0 Å². The summed E-state index contributed by atoms with van der Waals surface area (Å²) < 4.78 is 13.2. The molecule has 2 atom stereocenters. The van der Waals surface area contributed by atoms with Crippen molar-refractivity contribution in [2.24, 2.45) is 5.92 Å². The largest absolute Gasteiger partial charge is 0.356 e. The van der Waals surface area contributed by atoms with Gasteiger partial charge in [0.1, 0.15) is 11.6 Å². The van der Waals surface area contributed by atoms with E-state index in [1.165, 1.54) is 17.7 Å². The third kappa shape index (κ3) is 5.69. The maximum absolute atomic E-state index is 13.2. The number of benzene rings is 2. The number of carbonyl (C=O) groups excluding carboxylic acids is 1. The van der Waals surface area contributed by atoms with E-state index in [1.54, 1.807) is 18.3 Å². The number of nitrogens with zero attached hydrogens (tertiary/aromatic N) is 3. The summed E-state index contributed by atoms with van der Waals surface area (Å²) in [6.45, 7) is 3.56. The number of hydrogen-bond donors (Lipinski definition) is 1. The second-order valence-electron chi connectivity index (χ2n) is 8.46. The van der Waals surface area contributed by atoms with Gasteiger partial charge in [0.05, 0.1) is 5.92 Å². The Hall–Kier alpha value is -3.28. The first-order valence-corrected chi connectivity index (χ1v) is 11.3. The van der Waals surface area contributed by atoms with Crippen LogP contribution in [-0.4, -0.2) is 35.0 Å². The molecule has 0 spiro atoms. The van der Waals surface area contributed by atoms with E-state index in [1.807, 2.05) is 24.3 Å². The Morgan fingerprint density at radius 1 is 1.16 bits per heavy atom. The molecular weight excluding hydrogens is 403 g/mol. The summed E-state index contributed by atoms with van der Waals surface area (Å²) in [5.74, 6) is 1.13. The van der Waals surface area contributed by atoms with Crippen molar-refractivity contribution in [2.45, 2.75) is 38.6 Å². The van der Waals surface area contributed by atoms with Crippen molar-refractivity contribution in [3.05, 3.63) is 78.2 Å². The average molecular weight is 433 g/mol. The molecule has 1 saturated heterocycles. The fraction of sp³-hybridized carbons (Fsp3) is 0.346. The fourth-order valence-electron chi connectivity index (χ4n) is 4.12. The van der Waals surface area contributed by atoms with Gasteiger partial charge in [0.25, 0.3) is 0 Å². The molecule has 0 radical (unpaired) electrons. The first-order chi connectivity index (χ1) is 15.6. The van der Waals surface area contributed by atoms with E-state index in [4.69, 9.17) is 0 Å². The molecule has 1 aromatic heterocycles. The highest BCUT2D eigenvalue weighted by molar-refractivity contribution is 5.79. The van der Waals surface area contributed by atoms with Crippen molar-refractivity contribution < 1.29 is 9.18 Å². The molecular formula is C26H29FN4O. The van der Waals surface area contributed by atoms with Crippen molar-refractivity contribution in [3.8, 4) is 11.4 Å². The maximum Gasteiger partial charge on any atom is 0.225 e. The lowest BCUT2D eigenvalue weighted by Crippen LogP contribution is -2.45. The Morgan fingerprint density at radius 3 is 2.72 bits per heavy atom. The number of aromatic nitrogens is 2. The van der Waals surface area contributed by atoms with Gasteiger partial charge in [-0.3, -0.25) is 4.79 Å². The lowest BCUT2D eigenvalue weighted by atomic mass is 9.96. The van der Waals surface area contributed by atoms with Crippen LogP contribution in [0.4, 0.5) is 10.2 Å². The number of anilines is 1. The number of halogens is 1. The van der Waals surface area contributed by atoms with Gasteiger partial charge in [-0.15, -0.1) is 0 Å². The van der Waals surface area contributed by atoms with Crippen LogP contribution in [-0.2, 0) is 11.2 Å². The predicted molar refractivity (Wildman–Crippen MR) is 125 cm³/mol. The van der Waals surface area contributed by atoms with Gasteiger partial charge >= 0.3 is 0 Å². The van der Waals surface area contributed by atoms with Crippen LogP contribution < -0.4 is 10.2 Å². The first-order valence-electron chi connectivity index (χ1n) is 11.3. The standard InChI is InChI=1S/C26H29FN4O/c1-19(9-10-20-6-3-2-4-7-20)29-26(32)22-8-5-17-31(18-22)24-15-16-28-25(30-24)21-11-13-23(27)14-12-21/h2-4,6-7,11-16,19,22H,5,8-10,17-18H2,1H3,(H,29,32)/t19-,22+/m1/s1. The molecule has 5 nitrogen and oxygen atoms in total. The molecule has 1 fully saturated rings. The zero-order valence-corrected chi connectivity index (χ0v) is 18.4. The monoisotopic (exact) mass is 432 g/mol. The molecule has 2 heterocycles. The van der Waals surface area contributed by atoms with Crippen molar-refractivity contribution in [1.29, 1.82) is 0 Å². The predicted octanol–water partition coefficient (Wildman–Crippen LogP) is 4.64. The van der Waals surface area contributed by atoms with Crippen molar-refractivity contribution in [3.63, 3.8) is 0 Å². The van der Waals surface area contributed by atoms with Crippen LogP contribution in [0.2, 0.25) is 0 Å². The molecule has 1 aliphatic heterocycles. The quantitative estimate of drug-likeness (QED) is 0.591. The molecule has 6 heteroatoms. The first kappa shape index (κ1) is 21.9. The molecule has 0 unspecified atom stereocenters. The van der Waals surface area contributed by atoms with Gasteiger partial charge < -0.3 is 10.2 Å². The maximum atomic E-state index is 13.2. The number of aryl methyl sites for hydroxylation is 1. The van der Waals surface area contributed by atoms with Gasteiger partial charge in [-0.05, 0) is 68.5 Å². The number of nitrogens with one attached hydrogen (secondary N) is 1. The van der Waals surface area contributed by atoms with Crippen LogP contribution in [0.25, 0.3) is 11.4 Å². The molecule has 4 rings (SSSR count). The summed E-state index contributed by atoms with van der Waals surface area (Å²) in [5.41, 5.74) is 2.06. The Morgan fingerprint density at radius 2 is 1.94 bits per heavy atom. The van der Waals surface area contributed by atoms with Crippen molar-refractivity contribution >= 4 is 11.7 Å². The molecule has 1 N–H and O–H groups in total. The summed E-state index contributed by atoms with van der Waals surface area (Å²) in [6, 6.07) is 18.5. The zero-order valence-electron chi connectivity index (χ0n) is 18.4. The van der Waals surface area contributed by atoms with E-state index in [2.05, 4.69) is 39.2 Å². The van der Waals surface area contributed by atoms with Crippen LogP contribution in [0, 0.1) is 11.7 Å². The number of hydrogen-bond acceptors (Lipinski definition) is 4. The molecule has 0 saturated carbocycles. The van der Waals surface area contributed by atoms with E-state index in [0.717, 1.165) is 43.6 Å². The highest BCUT2D eigenvalue weighted by Gasteiger charge is 2.27. The zero-order chi connectivity index (χ0) is 22.3. The van der Waals surface area contributed by atoms with Crippen LogP contribution in [0.1, 0.15) is 31.7 Å². The van der Waals surface area contributed by atoms with E-state index in [-0.39, 0.29) is 23.7 Å². The van der Waals surface area contributed by atoms with Crippen LogP contribution in [0.15, 0.2) is 66.9 Å². The minimum absolute atomic E-state index is 0.0628. The second-order valence-corrected chi connectivity index (χ2v) is 8.46. The molecule has 0 bridgehead atoms. The Balaban J connectivity index is 1.35. The third-order valence-electron chi connectivity index (χ3n) is 5.96. The summed E-state index contributed by atoms with van der Waals surface area (Å²) in [6.07, 6.45) is 5.40. The highest BCUT2D eigenvalue weighted by Crippen LogP contribution is 2.24. The molecule has 1 aliphatic rings. The number of carbonyl (C=O) groups is 1. The Bertz CT molecular complexity index is 1030. The number of rotatable bonds is 7. The molecule has 3 aromatic rings. The Labute approximate surface area is 188 Å². The second kappa shape index (κ2) is 10.4. The summed E-state index contributed by atoms with van der Waals surface area (Å²) in [7, 11) is 0. The highest BCUT2D eigenvalue weighted by atomic mass is 19.1. The fourth-order valence-corrected chi connectivity index (χ4v) is 4.12. The molecule has 0 aliphatic carbocycles. The number of piperidine rings is 1. The summed E-state index contributed by atoms with van der Waals surface area (Å²) in [4.78, 5) is 24.1. The lowest BCUT2D eigenvalue weighted by molar-refractivity contribution is -0.125. The van der Waals surface area contributed by atoms with Gasteiger partial charge in [0.2, 0.25) is 5.91 Å². The number of amides is 1. The van der Waals surface area contributed by atoms with Crippen molar-refractivity contribution in [1.82, 2.24) is 15.3 Å². The van der Waals surface area contributed by atoms with Gasteiger partial charge in [-0.1, -0.05) is 30.3 Å². The van der Waals surface area contributed by atoms with Crippen LogP contribution in [0.5, 0.6) is 0 Å². The molecule has 166 valence electrons. The van der Waals surface area contributed by atoms with E-state index in [0.29, 0.717) is 12.4 Å². The lowest BCUT2D eigenvalue weighted by Gasteiger charge is -2.33. The van der Waals surface area contributed by atoms with Crippen molar-refractivity contribution in [2.75, 3.05) is 18.0 Å². The summed E-state index contributed by atoms with van der Waals surface area (Å²) >= 11 is 0. The van der Waals surface area contributed by atoms with Gasteiger partial charge in [-0.25, -0.2) is 14.4 Å². The SMILES string of the molecule is C[C@H](CCc1ccccc1)NC(=O)[C@H]1CCCN(c2ccnc(-c3ccc(F)cc3)n2)C1. The minimum Gasteiger partial charge on any atom is -0.356 e. The average Bonchev–Trinajstić information content (AvgIpc) is 2.84. The van der Waals surface area contributed by atoms with E-state index >= 15 is 0 Å². The third-order valence-corrected chi connectivity index (χ3v) is 5.96. The minimum atomic E-state index is -0.284. The van der Waals surface area contributed by atoms with Gasteiger partial charge in [0, 0.05) is 30.9 Å². The molecule has 32 heavy (non-hydrogen) atoms. The summed E-state index contributed by atoms with van der Waals surface area (Å²) in [5, 5.41) is 3.20. The smallest absolute Gasteiger partial charge is 0.225 e. The topological polar surface area (TPSA) is 58.1 Å². The van der Waals surface area contributed by atoms with Gasteiger partial charge in [-0.2, -0.15) is 0 Å². The van der Waals surface area contributed by atoms with Gasteiger partial charge in [0.15, 0.2) is 5.82 Å². The molecule has 2 aromatic carbocycles. The van der Waals surface area contributed by atoms with Crippen LogP contribution >= 0.6 is 0 Å². The molecule has 1 amide bonds. The van der Waals surface area contributed by atoms with E-state index in [9.17, 15) is 9.18 Å². The van der Waals surface area contributed by atoms with Crippen LogP contribution in [0.3, 0.4) is 0 Å².